The maximum Gasteiger partial charge on any atom is 0.324 e. The summed E-state index contributed by atoms with van der Waals surface area (Å²) < 4.78 is 0. The number of hydrogen-bond acceptors (Lipinski definition) is 4. The van der Waals surface area contributed by atoms with Gasteiger partial charge in [-0.25, -0.2) is 4.79 Å². The fourth-order valence-electron chi connectivity index (χ4n) is 2.09. The molecule has 3 N–H and O–H groups in total. The first-order valence-corrected chi connectivity index (χ1v) is 8.42. The summed E-state index contributed by atoms with van der Waals surface area (Å²) in [6.07, 6.45) is 3.39. The van der Waals surface area contributed by atoms with Gasteiger partial charge in [0, 0.05) is 24.6 Å². The van der Waals surface area contributed by atoms with E-state index in [-0.39, 0.29) is 11.9 Å². The fourth-order valence-corrected chi connectivity index (χ4v) is 2.91. The van der Waals surface area contributed by atoms with Crippen LogP contribution in [0.4, 0.5) is 15.5 Å². The van der Waals surface area contributed by atoms with Gasteiger partial charge in [-0.3, -0.25) is 15.1 Å². The van der Waals surface area contributed by atoms with Gasteiger partial charge >= 0.3 is 6.03 Å². The third-order valence-corrected chi connectivity index (χ3v) is 4.27. The van der Waals surface area contributed by atoms with Crippen molar-refractivity contribution in [1.29, 1.82) is 0 Å². The number of aromatic nitrogens is 1. The van der Waals surface area contributed by atoms with Crippen molar-refractivity contribution < 1.29 is 9.59 Å². The molecule has 6 nitrogen and oxygen atoms in total. The Morgan fingerprint density at radius 3 is 2.56 bits per heavy atom. The summed E-state index contributed by atoms with van der Waals surface area (Å²) in [7, 11) is 0. The van der Waals surface area contributed by atoms with E-state index in [0.717, 1.165) is 5.56 Å². The van der Waals surface area contributed by atoms with Crippen molar-refractivity contribution in [3.8, 4) is 0 Å². The van der Waals surface area contributed by atoms with Gasteiger partial charge in [0.15, 0.2) is 0 Å². The summed E-state index contributed by atoms with van der Waals surface area (Å²) in [5.74, 6) is -0.189. The smallest absolute Gasteiger partial charge is 0.324 e. The van der Waals surface area contributed by atoms with E-state index in [9.17, 15) is 9.59 Å². The first kappa shape index (κ1) is 16.7. The van der Waals surface area contributed by atoms with Crippen molar-refractivity contribution >= 4 is 34.0 Å². The lowest BCUT2D eigenvalue weighted by atomic mass is 10.3. The van der Waals surface area contributed by atoms with E-state index in [4.69, 9.17) is 0 Å². The molecule has 0 radical (unpaired) electrons. The predicted octanol–water partition coefficient (Wildman–Crippen LogP) is 3.72. The normalized spacial score (nSPS) is 10.1. The van der Waals surface area contributed by atoms with E-state index < -0.39 is 0 Å². The van der Waals surface area contributed by atoms with E-state index >= 15 is 0 Å². The Hall–Kier alpha value is -3.19. The van der Waals surface area contributed by atoms with Crippen LogP contribution in [0.2, 0.25) is 0 Å². The van der Waals surface area contributed by atoms with E-state index in [1.807, 2.05) is 30.3 Å². The molecular formula is C18H16N4O2S. The minimum Gasteiger partial charge on any atom is -0.347 e. The van der Waals surface area contributed by atoms with Crippen LogP contribution in [-0.4, -0.2) is 16.9 Å². The third kappa shape index (κ3) is 4.89. The van der Waals surface area contributed by atoms with Crippen molar-refractivity contribution in [2.45, 2.75) is 6.54 Å². The highest BCUT2D eigenvalue weighted by molar-refractivity contribution is 7.18. The number of urea groups is 1. The minimum atomic E-state index is -0.352. The lowest BCUT2D eigenvalue weighted by molar-refractivity contribution is 0.0955. The number of rotatable bonds is 5. The Morgan fingerprint density at radius 2 is 1.80 bits per heavy atom. The summed E-state index contributed by atoms with van der Waals surface area (Å²) in [4.78, 5) is 28.6. The van der Waals surface area contributed by atoms with Gasteiger partial charge in [-0.15, -0.1) is 11.3 Å². The monoisotopic (exact) mass is 352 g/mol. The van der Waals surface area contributed by atoms with Crippen molar-refractivity contribution in [2.75, 3.05) is 10.6 Å². The summed E-state index contributed by atoms with van der Waals surface area (Å²) in [5, 5.41) is 8.86. The molecule has 0 fully saturated rings. The molecule has 0 bridgehead atoms. The lowest BCUT2D eigenvalue weighted by Crippen LogP contribution is -2.21. The molecule has 3 amide bonds. The minimum absolute atomic E-state index is 0.189. The predicted molar refractivity (Wildman–Crippen MR) is 98.8 cm³/mol. The van der Waals surface area contributed by atoms with Gasteiger partial charge in [0.2, 0.25) is 0 Å². The number of anilines is 2. The number of hydrogen-bond donors (Lipinski definition) is 3. The second-order valence-corrected chi connectivity index (χ2v) is 6.24. The Balaban J connectivity index is 1.53. The average Bonchev–Trinajstić information content (AvgIpc) is 3.10. The number of nitrogens with one attached hydrogen (secondary N) is 3. The zero-order chi connectivity index (χ0) is 17.5. The molecule has 0 atom stereocenters. The molecule has 0 aliphatic carbocycles. The Morgan fingerprint density at radius 1 is 0.960 bits per heavy atom. The molecule has 25 heavy (non-hydrogen) atoms. The maximum absolute atomic E-state index is 12.2. The van der Waals surface area contributed by atoms with Gasteiger partial charge in [-0.1, -0.05) is 24.3 Å². The van der Waals surface area contributed by atoms with Crippen molar-refractivity contribution in [1.82, 2.24) is 10.3 Å². The van der Waals surface area contributed by atoms with Gasteiger partial charge in [-0.05, 0) is 35.9 Å². The van der Waals surface area contributed by atoms with Crippen molar-refractivity contribution in [3.63, 3.8) is 0 Å². The van der Waals surface area contributed by atoms with E-state index in [1.54, 1.807) is 36.7 Å². The van der Waals surface area contributed by atoms with Crippen LogP contribution in [0.1, 0.15) is 15.2 Å². The third-order valence-electron chi connectivity index (χ3n) is 3.27. The molecule has 2 aromatic heterocycles. The summed E-state index contributed by atoms with van der Waals surface area (Å²) in [6, 6.07) is 15.9. The Kier molecular flexibility index (Phi) is 5.38. The van der Waals surface area contributed by atoms with E-state index in [1.165, 1.54) is 11.3 Å². The van der Waals surface area contributed by atoms with Crippen LogP contribution in [0, 0.1) is 0 Å². The molecule has 2 heterocycles. The average molecular weight is 352 g/mol. The number of benzene rings is 1. The number of carbonyl (C=O) groups excluding carboxylic acids is 2. The molecule has 0 saturated heterocycles. The van der Waals surface area contributed by atoms with Gasteiger partial charge in [0.25, 0.3) is 5.91 Å². The summed E-state index contributed by atoms with van der Waals surface area (Å²) in [6.45, 7) is 0.405. The highest BCUT2D eigenvalue weighted by atomic mass is 32.1. The standard InChI is InChI=1S/C18H16N4O2S/c23-17(20-12-13-5-4-10-19-11-13)15-8-9-16(25-15)22-18(24)21-14-6-2-1-3-7-14/h1-11H,12H2,(H,20,23)(H2,21,22,24). The number of carbonyl (C=O) groups is 2. The first-order valence-electron chi connectivity index (χ1n) is 7.61. The Labute approximate surface area is 148 Å². The maximum atomic E-state index is 12.2. The topological polar surface area (TPSA) is 83.1 Å². The fraction of sp³-hybridized carbons (Fsp3) is 0.0556. The van der Waals surface area contributed by atoms with Gasteiger partial charge in [-0.2, -0.15) is 0 Å². The molecule has 0 saturated carbocycles. The lowest BCUT2D eigenvalue weighted by Gasteiger charge is -2.05. The van der Waals surface area contributed by atoms with Gasteiger partial charge in [0.1, 0.15) is 0 Å². The van der Waals surface area contributed by atoms with Crippen LogP contribution >= 0.6 is 11.3 Å². The molecule has 3 rings (SSSR count). The largest absolute Gasteiger partial charge is 0.347 e. The van der Waals surface area contributed by atoms with Crippen LogP contribution in [0.15, 0.2) is 67.0 Å². The van der Waals surface area contributed by atoms with Crippen LogP contribution in [0.5, 0.6) is 0 Å². The molecule has 0 unspecified atom stereocenters. The molecule has 3 aromatic rings. The van der Waals surface area contributed by atoms with Gasteiger partial charge in [0.05, 0.1) is 9.88 Å². The number of amides is 3. The van der Waals surface area contributed by atoms with Crippen molar-refractivity contribution in [2.24, 2.45) is 0 Å². The van der Waals surface area contributed by atoms with E-state index in [2.05, 4.69) is 20.9 Å². The van der Waals surface area contributed by atoms with Crippen LogP contribution < -0.4 is 16.0 Å². The first-order chi connectivity index (χ1) is 12.2. The van der Waals surface area contributed by atoms with Crippen LogP contribution in [0.3, 0.4) is 0 Å². The van der Waals surface area contributed by atoms with Gasteiger partial charge < -0.3 is 10.6 Å². The molecule has 0 aliphatic rings. The number of nitrogens with zero attached hydrogens (tertiary/aromatic N) is 1. The SMILES string of the molecule is O=C(Nc1ccccc1)Nc1ccc(C(=O)NCc2cccnc2)s1. The number of pyridine rings is 1. The number of para-hydroxylation sites is 1. The van der Waals surface area contributed by atoms with Crippen molar-refractivity contribution in [3.05, 3.63) is 77.4 Å². The quantitative estimate of drug-likeness (QED) is 0.654. The highest BCUT2D eigenvalue weighted by Gasteiger charge is 2.11. The molecule has 0 spiro atoms. The zero-order valence-electron chi connectivity index (χ0n) is 13.2. The molecule has 7 heteroatoms. The molecule has 0 aliphatic heterocycles. The molecular weight excluding hydrogens is 336 g/mol. The highest BCUT2D eigenvalue weighted by Crippen LogP contribution is 2.22. The summed E-state index contributed by atoms with van der Waals surface area (Å²) in [5.41, 5.74) is 1.62. The second kappa shape index (κ2) is 8.07. The molecule has 1 aromatic carbocycles. The van der Waals surface area contributed by atoms with Crippen LogP contribution in [0.25, 0.3) is 0 Å². The molecule has 126 valence electrons. The zero-order valence-corrected chi connectivity index (χ0v) is 14.0. The van der Waals surface area contributed by atoms with E-state index in [0.29, 0.717) is 22.1 Å². The second-order valence-electron chi connectivity index (χ2n) is 5.15. The Bertz CT molecular complexity index is 850. The van der Waals surface area contributed by atoms with Crippen LogP contribution in [-0.2, 0) is 6.54 Å². The summed E-state index contributed by atoms with van der Waals surface area (Å²) >= 11 is 1.22. The number of thiophene rings is 1.